The first kappa shape index (κ1) is 16.9. The van der Waals surface area contributed by atoms with Crippen molar-refractivity contribution in [1.82, 2.24) is 5.32 Å². The molecule has 0 heterocycles. The van der Waals surface area contributed by atoms with Gasteiger partial charge in [-0.15, -0.1) is 0 Å². The molecule has 0 saturated heterocycles. The normalized spacial score (nSPS) is 10.3. The number of amides is 3. The fourth-order valence-corrected chi connectivity index (χ4v) is 1.87. The molecule has 5 N–H and O–H groups in total. The number of unbranched alkanes of at least 4 members (excludes halogenated alkanes) is 8. The predicted molar refractivity (Wildman–Crippen MR) is 73.0 cm³/mol. The smallest absolute Gasteiger partial charge is 0.318 e. The number of carbonyl (C=O) groups is 2. The molecule has 0 saturated carbocycles. The van der Waals surface area contributed by atoms with E-state index in [1.807, 2.05) is 0 Å². The standard InChI is InChI=1S/C13H27N3O2/c14-11-9-7-5-3-1-2-4-6-8-10-12(17)16-13(15)18/h1-11,14H2,(H3,15,16,17,18). The van der Waals surface area contributed by atoms with Crippen molar-refractivity contribution in [3.63, 3.8) is 0 Å². The van der Waals surface area contributed by atoms with Crippen LogP contribution in [0.2, 0.25) is 0 Å². The van der Waals surface area contributed by atoms with E-state index in [9.17, 15) is 9.59 Å². The molecular weight excluding hydrogens is 230 g/mol. The molecule has 0 fully saturated rings. The summed E-state index contributed by atoms with van der Waals surface area (Å²) in [5.74, 6) is -0.274. The van der Waals surface area contributed by atoms with Crippen LogP contribution in [0.5, 0.6) is 0 Å². The summed E-state index contributed by atoms with van der Waals surface area (Å²) < 4.78 is 0. The van der Waals surface area contributed by atoms with Crippen LogP contribution in [0.1, 0.15) is 64.2 Å². The highest BCUT2D eigenvalue weighted by atomic mass is 16.2. The molecule has 5 nitrogen and oxygen atoms in total. The minimum atomic E-state index is -0.766. The second kappa shape index (κ2) is 12.4. The van der Waals surface area contributed by atoms with Gasteiger partial charge in [-0.25, -0.2) is 4.79 Å². The van der Waals surface area contributed by atoms with E-state index in [2.05, 4.69) is 5.32 Å². The Bertz CT molecular complexity index is 232. The van der Waals surface area contributed by atoms with Gasteiger partial charge in [-0.05, 0) is 19.4 Å². The van der Waals surface area contributed by atoms with E-state index in [4.69, 9.17) is 11.5 Å². The minimum Gasteiger partial charge on any atom is -0.351 e. The van der Waals surface area contributed by atoms with Crippen molar-refractivity contribution >= 4 is 11.9 Å². The van der Waals surface area contributed by atoms with Crippen LogP contribution >= 0.6 is 0 Å². The molecule has 0 aliphatic carbocycles. The lowest BCUT2D eigenvalue weighted by Crippen LogP contribution is -2.34. The van der Waals surface area contributed by atoms with Crippen molar-refractivity contribution < 1.29 is 9.59 Å². The van der Waals surface area contributed by atoms with Crippen LogP contribution in [-0.2, 0) is 4.79 Å². The second-order valence-electron chi connectivity index (χ2n) is 4.63. The van der Waals surface area contributed by atoms with Crippen LogP contribution in [0, 0.1) is 0 Å². The maximum atomic E-state index is 11.1. The van der Waals surface area contributed by atoms with E-state index >= 15 is 0 Å². The van der Waals surface area contributed by atoms with Crippen LogP contribution in [0.4, 0.5) is 4.79 Å². The van der Waals surface area contributed by atoms with Gasteiger partial charge >= 0.3 is 6.03 Å². The fraction of sp³-hybridized carbons (Fsp3) is 0.846. The minimum absolute atomic E-state index is 0.274. The molecule has 0 aromatic carbocycles. The van der Waals surface area contributed by atoms with Crippen LogP contribution in [0.15, 0.2) is 0 Å². The van der Waals surface area contributed by atoms with Gasteiger partial charge in [-0.2, -0.15) is 0 Å². The van der Waals surface area contributed by atoms with Crippen molar-refractivity contribution in [2.45, 2.75) is 64.2 Å². The highest BCUT2D eigenvalue weighted by Gasteiger charge is 2.02. The van der Waals surface area contributed by atoms with Crippen molar-refractivity contribution in [2.24, 2.45) is 11.5 Å². The molecule has 5 heteroatoms. The Morgan fingerprint density at radius 3 is 1.67 bits per heavy atom. The monoisotopic (exact) mass is 257 g/mol. The van der Waals surface area contributed by atoms with Gasteiger partial charge in [0.05, 0.1) is 0 Å². The topological polar surface area (TPSA) is 98.2 Å². The lowest BCUT2D eigenvalue weighted by molar-refractivity contribution is -0.120. The molecule has 0 aromatic rings. The van der Waals surface area contributed by atoms with Gasteiger partial charge in [-0.3, -0.25) is 10.1 Å². The number of rotatable bonds is 11. The van der Waals surface area contributed by atoms with Gasteiger partial charge in [0, 0.05) is 6.42 Å². The first-order valence-electron chi connectivity index (χ1n) is 6.96. The Hall–Kier alpha value is -1.10. The maximum absolute atomic E-state index is 11.1. The highest BCUT2D eigenvalue weighted by Crippen LogP contribution is 2.10. The maximum Gasteiger partial charge on any atom is 0.318 e. The molecule has 0 atom stereocenters. The molecule has 106 valence electrons. The average molecular weight is 257 g/mol. The number of hydrogen-bond acceptors (Lipinski definition) is 3. The zero-order chi connectivity index (χ0) is 13.6. The van der Waals surface area contributed by atoms with Gasteiger partial charge < -0.3 is 11.5 Å². The molecule has 3 amide bonds. The summed E-state index contributed by atoms with van der Waals surface area (Å²) in [7, 11) is 0. The molecule has 0 aromatic heterocycles. The quantitative estimate of drug-likeness (QED) is 0.494. The molecule has 0 radical (unpaired) electrons. The lowest BCUT2D eigenvalue weighted by Gasteiger charge is -2.02. The lowest BCUT2D eigenvalue weighted by atomic mass is 10.1. The number of carbonyl (C=O) groups excluding carboxylic acids is 2. The summed E-state index contributed by atoms with van der Waals surface area (Å²) in [5, 5.41) is 2.06. The summed E-state index contributed by atoms with van der Waals surface area (Å²) in [6.07, 6.45) is 10.8. The summed E-state index contributed by atoms with van der Waals surface area (Å²) in [6, 6.07) is -0.766. The van der Waals surface area contributed by atoms with Crippen LogP contribution < -0.4 is 16.8 Å². The molecule has 0 spiro atoms. The van der Waals surface area contributed by atoms with E-state index in [0.717, 1.165) is 32.2 Å². The molecular formula is C13H27N3O2. The molecule has 0 aliphatic heterocycles. The van der Waals surface area contributed by atoms with Crippen molar-refractivity contribution in [1.29, 1.82) is 0 Å². The summed E-state index contributed by atoms with van der Waals surface area (Å²) in [5.41, 5.74) is 10.3. The number of hydrogen-bond donors (Lipinski definition) is 3. The van der Waals surface area contributed by atoms with Crippen LogP contribution in [0.25, 0.3) is 0 Å². The van der Waals surface area contributed by atoms with E-state index in [1.54, 1.807) is 0 Å². The van der Waals surface area contributed by atoms with E-state index in [-0.39, 0.29) is 5.91 Å². The van der Waals surface area contributed by atoms with Crippen molar-refractivity contribution in [3.8, 4) is 0 Å². The first-order valence-corrected chi connectivity index (χ1v) is 6.96. The van der Waals surface area contributed by atoms with Gasteiger partial charge in [-0.1, -0.05) is 44.9 Å². The summed E-state index contributed by atoms with van der Waals surface area (Å²) in [4.78, 5) is 21.4. The number of nitrogens with one attached hydrogen (secondary N) is 1. The van der Waals surface area contributed by atoms with Crippen LogP contribution in [-0.4, -0.2) is 18.5 Å². The van der Waals surface area contributed by atoms with E-state index in [0.29, 0.717) is 6.42 Å². The third kappa shape index (κ3) is 13.0. The average Bonchev–Trinajstić information content (AvgIpc) is 2.30. The van der Waals surface area contributed by atoms with Gasteiger partial charge in [0.15, 0.2) is 0 Å². The third-order valence-electron chi connectivity index (χ3n) is 2.87. The Labute approximate surface area is 110 Å². The number of primary amides is 1. The van der Waals surface area contributed by atoms with Gasteiger partial charge in [0.2, 0.25) is 5.91 Å². The van der Waals surface area contributed by atoms with Crippen LogP contribution in [0.3, 0.4) is 0 Å². The molecule has 0 unspecified atom stereocenters. The van der Waals surface area contributed by atoms with Crippen molar-refractivity contribution in [3.05, 3.63) is 0 Å². The molecule has 0 aliphatic rings. The highest BCUT2D eigenvalue weighted by molar-refractivity contribution is 5.93. The Morgan fingerprint density at radius 2 is 1.22 bits per heavy atom. The number of imide groups is 1. The first-order chi connectivity index (χ1) is 8.66. The van der Waals surface area contributed by atoms with Gasteiger partial charge in [0.25, 0.3) is 0 Å². The molecule has 0 bridgehead atoms. The zero-order valence-electron chi connectivity index (χ0n) is 11.2. The summed E-state index contributed by atoms with van der Waals surface area (Å²) in [6.45, 7) is 0.799. The van der Waals surface area contributed by atoms with Crippen molar-refractivity contribution in [2.75, 3.05) is 6.54 Å². The molecule has 18 heavy (non-hydrogen) atoms. The Morgan fingerprint density at radius 1 is 0.778 bits per heavy atom. The van der Waals surface area contributed by atoms with E-state index in [1.165, 1.54) is 32.1 Å². The van der Waals surface area contributed by atoms with E-state index < -0.39 is 6.03 Å². The fourth-order valence-electron chi connectivity index (χ4n) is 1.87. The number of urea groups is 1. The Kier molecular flexibility index (Phi) is 11.6. The number of nitrogens with two attached hydrogens (primary N) is 2. The largest absolute Gasteiger partial charge is 0.351 e. The SMILES string of the molecule is NCCCCCCCCCCCC(=O)NC(N)=O. The van der Waals surface area contributed by atoms with Gasteiger partial charge in [0.1, 0.15) is 0 Å². The second-order valence-corrected chi connectivity index (χ2v) is 4.63. The Balaban J connectivity index is 3.11. The summed E-state index contributed by atoms with van der Waals surface area (Å²) >= 11 is 0. The predicted octanol–water partition coefficient (Wildman–Crippen LogP) is 2.04. The third-order valence-corrected chi connectivity index (χ3v) is 2.87. The zero-order valence-corrected chi connectivity index (χ0v) is 11.2. The molecule has 0 rings (SSSR count).